The van der Waals surface area contributed by atoms with Crippen molar-refractivity contribution in [3.63, 3.8) is 0 Å². The van der Waals surface area contributed by atoms with Crippen molar-refractivity contribution in [2.45, 2.75) is 27.4 Å². The van der Waals surface area contributed by atoms with E-state index in [0.717, 1.165) is 39.3 Å². The van der Waals surface area contributed by atoms with E-state index < -0.39 is 6.09 Å². The van der Waals surface area contributed by atoms with Gasteiger partial charge in [0.1, 0.15) is 17.5 Å². The summed E-state index contributed by atoms with van der Waals surface area (Å²) in [4.78, 5) is 11.6. The van der Waals surface area contributed by atoms with Crippen LogP contribution in [0.2, 0.25) is 5.15 Å². The molecule has 0 fully saturated rings. The zero-order valence-electron chi connectivity index (χ0n) is 17.2. The molecule has 7 heteroatoms. The van der Waals surface area contributed by atoms with Crippen LogP contribution in [-0.4, -0.2) is 23.0 Å². The zero-order valence-corrected chi connectivity index (χ0v) is 17.9. The van der Waals surface area contributed by atoms with Crippen LogP contribution in [0.3, 0.4) is 0 Å². The number of halogens is 1. The number of aromatic nitrogens is 2. The maximum Gasteiger partial charge on any atom is 0.411 e. The molecule has 1 amide bonds. The summed E-state index contributed by atoms with van der Waals surface area (Å²) in [6.07, 6.45) is -0.512. The number of ether oxygens (including phenoxy) is 2. The quantitative estimate of drug-likeness (QED) is 0.606. The van der Waals surface area contributed by atoms with E-state index in [9.17, 15) is 4.79 Å². The average Bonchev–Trinajstić information content (AvgIpc) is 2.95. The van der Waals surface area contributed by atoms with E-state index in [1.54, 1.807) is 4.68 Å². The maximum atomic E-state index is 11.6. The van der Waals surface area contributed by atoms with Crippen molar-refractivity contribution in [1.29, 1.82) is 0 Å². The van der Waals surface area contributed by atoms with Crippen molar-refractivity contribution >= 4 is 23.4 Å². The standard InChI is InChI=1S/C22H24ClN3O3/c1-13-7-6-8-18(24-22(27)28-5)17(13)12-29-19-10-9-16(11-14(19)2)20-15(3)21(23)26(4)25-20/h6-11H,12H2,1-5H3,(H,24,27). The van der Waals surface area contributed by atoms with Gasteiger partial charge in [-0.1, -0.05) is 23.7 Å². The van der Waals surface area contributed by atoms with Gasteiger partial charge in [-0.15, -0.1) is 0 Å². The first-order valence-corrected chi connectivity index (χ1v) is 9.56. The Morgan fingerprint density at radius 1 is 1.17 bits per heavy atom. The Balaban J connectivity index is 1.82. The van der Waals surface area contributed by atoms with Crippen molar-refractivity contribution in [1.82, 2.24) is 9.78 Å². The molecular weight excluding hydrogens is 390 g/mol. The number of hydrogen-bond donors (Lipinski definition) is 1. The number of nitrogens with one attached hydrogen (secondary N) is 1. The second-order valence-electron chi connectivity index (χ2n) is 6.87. The molecular formula is C22H24ClN3O3. The number of aryl methyl sites for hydroxylation is 3. The predicted octanol–water partition coefficient (Wildman–Crippen LogP) is 5.42. The highest BCUT2D eigenvalue weighted by Crippen LogP contribution is 2.31. The minimum atomic E-state index is -0.512. The molecule has 0 saturated carbocycles. The summed E-state index contributed by atoms with van der Waals surface area (Å²) >= 11 is 6.25. The van der Waals surface area contributed by atoms with Crippen molar-refractivity contribution in [2.24, 2.45) is 7.05 Å². The predicted molar refractivity (Wildman–Crippen MR) is 115 cm³/mol. The lowest BCUT2D eigenvalue weighted by Crippen LogP contribution is -2.14. The molecule has 0 aliphatic carbocycles. The van der Waals surface area contributed by atoms with Gasteiger partial charge in [0.15, 0.2) is 0 Å². The summed E-state index contributed by atoms with van der Waals surface area (Å²) in [7, 11) is 3.16. The SMILES string of the molecule is COC(=O)Nc1cccc(C)c1COc1ccc(-c2nn(C)c(Cl)c2C)cc1C. The number of benzene rings is 2. The molecule has 0 aliphatic rings. The first-order chi connectivity index (χ1) is 13.8. The van der Waals surface area contributed by atoms with Crippen LogP contribution in [0.1, 0.15) is 22.3 Å². The first-order valence-electron chi connectivity index (χ1n) is 9.18. The molecule has 0 atom stereocenters. The summed E-state index contributed by atoms with van der Waals surface area (Å²) in [6, 6.07) is 11.6. The minimum absolute atomic E-state index is 0.320. The van der Waals surface area contributed by atoms with Gasteiger partial charge in [-0.05, 0) is 56.2 Å². The Kier molecular flexibility index (Phi) is 6.13. The molecule has 0 spiro atoms. The van der Waals surface area contributed by atoms with Gasteiger partial charge in [0.2, 0.25) is 0 Å². The summed E-state index contributed by atoms with van der Waals surface area (Å²) in [5, 5.41) is 7.86. The fourth-order valence-corrected chi connectivity index (χ4v) is 3.29. The number of nitrogens with zero attached hydrogens (tertiary/aromatic N) is 2. The van der Waals surface area contributed by atoms with E-state index in [-0.39, 0.29) is 0 Å². The molecule has 29 heavy (non-hydrogen) atoms. The Hall–Kier alpha value is -2.99. The third-order valence-corrected chi connectivity index (χ3v) is 5.38. The number of anilines is 1. The van der Waals surface area contributed by atoms with Gasteiger partial charge in [0, 0.05) is 23.7 Å². The Morgan fingerprint density at radius 2 is 1.93 bits per heavy atom. The lowest BCUT2D eigenvalue weighted by molar-refractivity contribution is 0.187. The summed E-state index contributed by atoms with van der Waals surface area (Å²) < 4.78 is 12.4. The fraction of sp³-hybridized carbons (Fsp3) is 0.273. The summed E-state index contributed by atoms with van der Waals surface area (Å²) in [5.41, 5.74) is 6.36. The molecule has 2 aromatic carbocycles. The van der Waals surface area contributed by atoms with E-state index in [1.165, 1.54) is 7.11 Å². The fourth-order valence-electron chi connectivity index (χ4n) is 3.16. The van der Waals surface area contributed by atoms with Gasteiger partial charge < -0.3 is 9.47 Å². The molecule has 0 bridgehead atoms. The number of carbonyl (C=O) groups is 1. The average molecular weight is 414 g/mol. The highest BCUT2D eigenvalue weighted by atomic mass is 35.5. The Labute approximate surface area is 175 Å². The number of hydrogen-bond acceptors (Lipinski definition) is 4. The topological polar surface area (TPSA) is 65.4 Å². The number of carbonyl (C=O) groups excluding carboxylic acids is 1. The van der Waals surface area contributed by atoms with Crippen LogP contribution in [0.25, 0.3) is 11.3 Å². The molecule has 1 aromatic heterocycles. The molecule has 1 N–H and O–H groups in total. The van der Waals surface area contributed by atoms with Crippen LogP contribution < -0.4 is 10.1 Å². The van der Waals surface area contributed by atoms with Crippen LogP contribution in [-0.2, 0) is 18.4 Å². The molecule has 0 unspecified atom stereocenters. The molecule has 3 aromatic rings. The van der Waals surface area contributed by atoms with Crippen LogP contribution >= 0.6 is 11.6 Å². The summed E-state index contributed by atoms with van der Waals surface area (Å²) in [6.45, 7) is 6.24. The van der Waals surface area contributed by atoms with Crippen LogP contribution in [0.15, 0.2) is 36.4 Å². The molecule has 0 radical (unpaired) electrons. The number of rotatable bonds is 5. The smallest absolute Gasteiger partial charge is 0.411 e. The van der Waals surface area contributed by atoms with E-state index in [0.29, 0.717) is 17.4 Å². The highest BCUT2D eigenvalue weighted by molar-refractivity contribution is 6.30. The number of methoxy groups -OCH3 is 1. The van der Waals surface area contributed by atoms with Crippen molar-refractivity contribution in [3.05, 3.63) is 63.8 Å². The normalized spacial score (nSPS) is 10.7. The largest absolute Gasteiger partial charge is 0.489 e. The van der Waals surface area contributed by atoms with Gasteiger partial charge in [-0.3, -0.25) is 10.00 Å². The highest BCUT2D eigenvalue weighted by Gasteiger charge is 2.14. The third-order valence-electron chi connectivity index (χ3n) is 4.85. The molecule has 1 heterocycles. The first kappa shape index (κ1) is 20.7. The van der Waals surface area contributed by atoms with Gasteiger partial charge in [0.05, 0.1) is 18.5 Å². The molecule has 0 saturated heterocycles. The minimum Gasteiger partial charge on any atom is -0.489 e. The van der Waals surface area contributed by atoms with Crippen LogP contribution in [0, 0.1) is 20.8 Å². The Morgan fingerprint density at radius 3 is 2.55 bits per heavy atom. The van der Waals surface area contributed by atoms with Crippen molar-refractivity contribution in [2.75, 3.05) is 12.4 Å². The van der Waals surface area contributed by atoms with Crippen LogP contribution in [0.4, 0.5) is 10.5 Å². The van der Waals surface area contributed by atoms with Crippen molar-refractivity contribution < 1.29 is 14.3 Å². The third kappa shape index (κ3) is 4.38. The van der Waals surface area contributed by atoms with E-state index in [4.69, 9.17) is 21.1 Å². The van der Waals surface area contributed by atoms with Gasteiger partial charge in [-0.25, -0.2) is 4.79 Å². The lowest BCUT2D eigenvalue weighted by atomic mass is 10.1. The van der Waals surface area contributed by atoms with Crippen molar-refractivity contribution in [3.8, 4) is 17.0 Å². The second-order valence-corrected chi connectivity index (χ2v) is 7.23. The van der Waals surface area contributed by atoms with E-state index in [1.807, 2.05) is 64.2 Å². The molecule has 152 valence electrons. The lowest BCUT2D eigenvalue weighted by Gasteiger charge is -2.15. The van der Waals surface area contributed by atoms with Gasteiger partial charge in [0.25, 0.3) is 0 Å². The Bertz CT molecular complexity index is 1060. The van der Waals surface area contributed by atoms with Gasteiger partial charge >= 0.3 is 6.09 Å². The van der Waals surface area contributed by atoms with E-state index >= 15 is 0 Å². The van der Waals surface area contributed by atoms with Crippen LogP contribution in [0.5, 0.6) is 5.75 Å². The van der Waals surface area contributed by atoms with Gasteiger partial charge in [-0.2, -0.15) is 5.10 Å². The zero-order chi connectivity index (χ0) is 21.1. The van der Waals surface area contributed by atoms with E-state index in [2.05, 4.69) is 10.4 Å². The molecule has 0 aliphatic heterocycles. The molecule has 3 rings (SSSR count). The monoisotopic (exact) mass is 413 g/mol. The second kappa shape index (κ2) is 8.57. The summed E-state index contributed by atoms with van der Waals surface area (Å²) in [5.74, 6) is 0.765. The number of amides is 1. The maximum absolute atomic E-state index is 11.6. The molecule has 6 nitrogen and oxygen atoms in total.